The fourth-order valence-corrected chi connectivity index (χ4v) is 9.01. The lowest BCUT2D eigenvalue weighted by molar-refractivity contribution is 1.02. The molecular formula is C49H32N2. The molecule has 1 aliphatic rings. The summed E-state index contributed by atoms with van der Waals surface area (Å²) in [5.74, 6) is 0.152. The highest BCUT2D eigenvalue weighted by atomic mass is 15.1. The molecule has 2 aromatic heterocycles. The Labute approximate surface area is 296 Å². The van der Waals surface area contributed by atoms with Crippen molar-refractivity contribution in [1.29, 1.82) is 0 Å². The second kappa shape index (κ2) is 10.9. The van der Waals surface area contributed by atoms with Crippen LogP contribution >= 0.6 is 0 Å². The van der Waals surface area contributed by atoms with Gasteiger partial charge >= 0.3 is 0 Å². The molecule has 2 nitrogen and oxygen atoms in total. The number of rotatable bonds is 4. The van der Waals surface area contributed by atoms with Crippen molar-refractivity contribution in [2.24, 2.45) is 0 Å². The number of nitrogens with zero attached hydrogens (tertiary/aromatic N) is 2. The van der Waals surface area contributed by atoms with Gasteiger partial charge in [0.15, 0.2) is 0 Å². The van der Waals surface area contributed by atoms with E-state index in [0.717, 1.165) is 5.69 Å². The van der Waals surface area contributed by atoms with E-state index in [4.69, 9.17) is 0 Å². The Bertz CT molecular complexity index is 2880. The molecule has 2 heteroatoms. The van der Waals surface area contributed by atoms with Gasteiger partial charge in [0.1, 0.15) is 0 Å². The zero-order chi connectivity index (χ0) is 33.5. The molecule has 0 spiro atoms. The van der Waals surface area contributed by atoms with Crippen LogP contribution in [0.1, 0.15) is 22.6 Å². The molecule has 0 amide bonds. The van der Waals surface area contributed by atoms with Crippen LogP contribution in [0.5, 0.6) is 0 Å². The Kier molecular flexibility index (Phi) is 6.05. The molecule has 51 heavy (non-hydrogen) atoms. The third-order valence-corrected chi connectivity index (χ3v) is 11.0. The van der Waals surface area contributed by atoms with Crippen LogP contribution in [0.25, 0.3) is 77.2 Å². The van der Waals surface area contributed by atoms with Gasteiger partial charge in [-0.3, -0.25) is 0 Å². The molecule has 0 fully saturated rings. The molecule has 0 saturated heterocycles. The smallest absolute Gasteiger partial charge is 0.0782 e. The quantitative estimate of drug-likeness (QED) is 0.180. The first kappa shape index (κ1) is 28.2. The van der Waals surface area contributed by atoms with Crippen LogP contribution in [0.15, 0.2) is 188 Å². The van der Waals surface area contributed by atoms with Gasteiger partial charge in [-0.2, -0.15) is 0 Å². The summed E-state index contributed by atoms with van der Waals surface area (Å²) in [6.07, 6.45) is 0. The molecule has 11 rings (SSSR count). The third kappa shape index (κ3) is 3.99. The first-order valence-electron chi connectivity index (χ1n) is 17.7. The van der Waals surface area contributed by atoms with Crippen LogP contribution in [-0.4, -0.2) is 9.13 Å². The number of benzene rings is 8. The average molecular weight is 649 g/mol. The summed E-state index contributed by atoms with van der Waals surface area (Å²) >= 11 is 0. The zero-order valence-electron chi connectivity index (χ0n) is 27.9. The van der Waals surface area contributed by atoms with Gasteiger partial charge in [0.2, 0.25) is 0 Å². The van der Waals surface area contributed by atoms with Gasteiger partial charge in [-0.05, 0) is 75.3 Å². The van der Waals surface area contributed by atoms with Crippen molar-refractivity contribution in [1.82, 2.24) is 9.13 Å². The van der Waals surface area contributed by atoms with Gasteiger partial charge in [-0.25, -0.2) is 0 Å². The van der Waals surface area contributed by atoms with E-state index in [1.807, 2.05) is 0 Å². The van der Waals surface area contributed by atoms with Crippen LogP contribution < -0.4 is 0 Å². The van der Waals surface area contributed by atoms with Crippen molar-refractivity contribution in [2.45, 2.75) is 5.92 Å². The van der Waals surface area contributed by atoms with Gasteiger partial charge in [-0.1, -0.05) is 152 Å². The fourth-order valence-electron chi connectivity index (χ4n) is 9.01. The second-order valence-corrected chi connectivity index (χ2v) is 13.6. The highest BCUT2D eigenvalue weighted by molar-refractivity contribution is 6.19. The van der Waals surface area contributed by atoms with Gasteiger partial charge in [0.25, 0.3) is 0 Å². The number of fused-ring (bicyclic) bond motifs is 9. The number of hydrogen-bond acceptors (Lipinski definition) is 0. The molecule has 8 aromatic carbocycles. The standard InChI is InChI=1S/C49H32N2/c1-2-16-32(17-3-1)50-45-30-14-26-41(35-20-6-9-25-40(35)47-38-23-7-4-18-33(38)34-19-5-8-24-39(34)47)48(45)42-27-15-31-46(49(42)50)51-43-28-12-10-21-36(43)37-22-11-13-29-44(37)51/h1-31,47H. The summed E-state index contributed by atoms with van der Waals surface area (Å²) < 4.78 is 4.95. The van der Waals surface area contributed by atoms with E-state index in [1.165, 1.54) is 88.2 Å². The maximum atomic E-state index is 2.48. The molecule has 238 valence electrons. The van der Waals surface area contributed by atoms with E-state index in [-0.39, 0.29) is 5.92 Å². The molecular weight excluding hydrogens is 617 g/mol. The molecule has 0 unspecified atom stereocenters. The summed E-state index contributed by atoms with van der Waals surface area (Å²) in [6.45, 7) is 0. The van der Waals surface area contributed by atoms with E-state index < -0.39 is 0 Å². The highest BCUT2D eigenvalue weighted by Gasteiger charge is 2.31. The van der Waals surface area contributed by atoms with Crippen LogP contribution in [0.3, 0.4) is 0 Å². The van der Waals surface area contributed by atoms with E-state index in [1.54, 1.807) is 0 Å². The largest absolute Gasteiger partial charge is 0.307 e. The minimum absolute atomic E-state index is 0.152. The predicted octanol–water partition coefficient (Wildman–Crippen LogP) is 12.7. The van der Waals surface area contributed by atoms with E-state index in [9.17, 15) is 0 Å². The minimum Gasteiger partial charge on any atom is -0.307 e. The Morgan fingerprint density at radius 3 is 1.39 bits per heavy atom. The Hall–Kier alpha value is -6.64. The Morgan fingerprint density at radius 2 is 0.765 bits per heavy atom. The van der Waals surface area contributed by atoms with Crippen molar-refractivity contribution in [2.75, 3.05) is 0 Å². The van der Waals surface area contributed by atoms with Gasteiger partial charge in [-0.15, -0.1) is 0 Å². The number of hydrogen-bond donors (Lipinski definition) is 0. The Morgan fingerprint density at radius 1 is 0.314 bits per heavy atom. The van der Waals surface area contributed by atoms with E-state index >= 15 is 0 Å². The van der Waals surface area contributed by atoms with Crippen LogP contribution in [0.2, 0.25) is 0 Å². The summed E-state index contributed by atoms with van der Waals surface area (Å²) in [7, 11) is 0. The van der Waals surface area contributed by atoms with E-state index in [2.05, 4.69) is 197 Å². The first-order chi connectivity index (χ1) is 25.4. The summed E-state index contributed by atoms with van der Waals surface area (Å²) in [6, 6.07) is 69.1. The topological polar surface area (TPSA) is 9.86 Å². The lowest BCUT2D eigenvalue weighted by Crippen LogP contribution is -2.02. The molecule has 0 atom stereocenters. The molecule has 0 aliphatic heterocycles. The third-order valence-electron chi connectivity index (χ3n) is 11.0. The van der Waals surface area contributed by atoms with Crippen molar-refractivity contribution in [3.63, 3.8) is 0 Å². The van der Waals surface area contributed by atoms with Crippen LogP contribution in [-0.2, 0) is 0 Å². The molecule has 2 heterocycles. The molecule has 10 aromatic rings. The maximum Gasteiger partial charge on any atom is 0.0782 e. The minimum atomic E-state index is 0.152. The maximum absolute atomic E-state index is 2.48. The summed E-state index contributed by atoms with van der Waals surface area (Å²) in [4.78, 5) is 0. The summed E-state index contributed by atoms with van der Waals surface area (Å²) in [5.41, 5.74) is 16.4. The SMILES string of the molecule is c1ccc(-n2c3cccc(-c4ccccc4C4c5ccccc5-c5ccccc54)c3c3cccc(-n4c5ccccc5c5ccccc54)c32)cc1. The Balaban J connectivity index is 1.25. The summed E-state index contributed by atoms with van der Waals surface area (Å²) in [5, 5.41) is 5.04. The highest BCUT2D eigenvalue weighted by Crippen LogP contribution is 2.51. The van der Waals surface area contributed by atoms with Crippen LogP contribution in [0.4, 0.5) is 0 Å². The van der Waals surface area contributed by atoms with E-state index in [0.29, 0.717) is 0 Å². The van der Waals surface area contributed by atoms with Crippen molar-refractivity contribution in [3.8, 4) is 33.6 Å². The van der Waals surface area contributed by atoms with Crippen LogP contribution in [0, 0.1) is 0 Å². The molecule has 0 N–H and O–H groups in total. The lowest BCUT2D eigenvalue weighted by Gasteiger charge is -2.19. The van der Waals surface area contributed by atoms with Gasteiger partial charge < -0.3 is 9.13 Å². The average Bonchev–Trinajstić information content (AvgIpc) is 3.84. The molecule has 0 radical (unpaired) electrons. The lowest BCUT2D eigenvalue weighted by atomic mass is 9.83. The zero-order valence-corrected chi connectivity index (χ0v) is 27.9. The first-order valence-corrected chi connectivity index (χ1v) is 17.7. The second-order valence-electron chi connectivity index (χ2n) is 13.6. The molecule has 0 bridgehead atoms. The molecule has 0 saturated carbocycles. The van der Waals surface area contributed by atoms with Gasteiger partial charge in [0.05, 0.1) is 27.8 Å². The van der Waals surface area contributed by atoms with Crippen molar-refractivity contribution >= 4 is 43.6 Å². The van der Waals surface area contributed by atoms with Gasteiger partial charge in [0, 0.05) is 33.2 Å². The monoisotopic (exact) mass is 648 g/mol. The van der Waals surface area contributed by atoms with Crippen molar-refractivity contribution < 1.29 is 0 Å². The predicted molar refractivity (Wildman–Crippen MR) is 213 cm³/mol. The fraction of sp³-hybridized carbons (Fsp3) is 0.0204. The number of para-hydroxylation sites is 4. The number of aromatic nitrogens is 2. The van der Waals surface area contributed by atoms with Crippen molar-refractivity contribution in [3.05, 3.63) is 205 Å². The molecule has 1 aliphatic carbocycles. The normalized spacial score (nSPS) is 12.6.